The van der Waals surface area contributed by atoms with E-state index in [2.05, 4.69) is 38.9 Å². The Morgan fingerprint density at radius 1 is 0.925 bits per heavy atom. The summed E-state index contributed by atoms with van der Waals surface area (Å²) in [4.78, 5) is 34.6. The molecule has 1 N–H and O–H groups in total. The van der Waals surface area contributed by atoms with Crippen molar-refractivity contribution in [3.63, 3.8) is 0 Å². The van der Waals surface area contributed by atoms with E-state index in [-0.39, 0.29) is 17.2 Å². The molecule has 0 aliphatic heterocycles. The zero-order chi connectivity index (χ0) is 27.6. The second-order valence-electron chi connectivity index (χ2n) is 9.16. The monoisotopic (exact) mass is 547 g/mol. The minimum atomic E-state index is -0.377. The van der Waals surface area contributed by atoms with Gasteiger partial charge in [-0.3, -0.25) is 19.3 Å². The van der Waals surface area contributed by atoms with Crippen molar-refractivity contribution in [2.45, 2.75) is 11.9 Å². The van der Waals surface area contributed by atoms with Crippen molar-refractivity contribution in [2.75, 3.05) is 12.9 Å². The summed E-state index contributed by atoms with van der Waals surface area (Å²) in [5, 5.41) is 4.30. The second-order valence-corrected chi connectivity index (χ2v) is 10.1. The molecule has 6 aromatic rings. The predicted molar refractivity (Wildman–Crippen MR) is 157 cm³/mol. The summed E-state index contributed by atoms with van der Waals surface area (Å²) in [6.45, 7) is 1.74. The van der Waals surface area contributed by atoms with Crippen molar-refractivity contribution in [1.82, 2.24) is 24.3 Å². The molecule has 9 heteroatoms. The van der Waals surface area contributed by atoms with Gasteiger partial charge in [-0.1, -0.05) is 72.4 Å². The van der Waals surface area contributed by atoms with Crippen molar-refractivity contribution in [1.29, 1.82) is 0 Å². The molecule has 0 bridgehead atoms. The number of nitrogens with zero attached hydrogens (tertiary/aromatic N) is 4. The van der Waals surface area contributed by atoms with E-state index in [0.717, 1.165) is 43.9 Å². The number of methoxy groups -OCH3 is 1. The van der Waals surface area contributed by atoms with Gasteiger partial charge in [0.2, 0.25) is 0 Å². The first-order valence-electron chi connectivity index (χ1n) is 12.6. The van der Waals surface area contributed by atoms with Crippen molar-refractivity contribution in [3.05, 3.63) is 113 Å². The second kappa shape index (κ2) is 10.7. The fraction of sp³-hybridized carbons (Fsp3) is 0.0968. The summed E-state index contributed by atoms with van der Waals surface area (Å²) >= 11 is 1.28. The molecular formula is C31H25N5O3S. The number of aromatic nitrogens is 5. The molecule has 0 aliphatic carbocycles. The number of hydrogen-bond acceptors (Lipinski definition) is 6. The summed E-state index contributed by atoms with van der Waals surface area (Å²) in [6, 6.07) is 29.5. The van der Waals surface area contributed by atoms with Crippen LogP contribution in [0.25, 0.3) is 39.1 Å². The van der Waals surface area contributed by atoms with Gasteiger partial charge in [0.05, 0.1) is 23.9 Å². The third-order valence-corrected chi connectivity index (χ3v) is 7.56. The highest BCUT2D eigenvalue weighted by Crippen LogP contribution is 2.44. The third-order valence-electron chi connectivity index (χ3n) is 6.59. The summed E-state index contributed by atoms with van der Waals surface area (Å²) in [6.07, 6.45) is 1.52. The van der Waals surface area contributed by atoms with E-state index < -0.39 is 0 Å². The van der Waals surface area contributed by atoms with Gasteiger partial charge >= 0.3 is 0 Å². The number of carbonyl (C=O) groups is 1. The van der Waals surface area contributed by atoms with Crippen molar-refractivity contribution < 1.29 is 9.53 Å². The first kappa shape index (κ1) is 25.4. The van der Waals surface area contributed by atoms with Crippen molar-refractivity contribution in [3.8, 4) is 33.8 Å². The number of carbonyl (C=O) groups excluding carboxylic acids is 1. The Hall–Kier alpha value is -4.89. The molecule has 0 fully saturated rings. The third kappa shape index (κ3) is 4.60. The quantitative estimate of drug-likeness (QED) is 0.195. The topological polar surface area (TPSA) is 94.8 Å². The number of ether oxygens (including phenoxy) is 1. The number of rotatable bonds is 7. The van der Waals surface area contributed by atoms with Crippen LogP contribution in [0.3, 0.4) is 0 Å². The molecule has 0 unspecified atom stereocenters. The summed E-state index contributed by atoms with van der Waals surface area (Å²) in [5.41, 5.74) is 5.79. The number of fused-ring (bicyclic) bond motifs is 1. The molecule has 0 amide bonds. The molecule has 6 rings (SSSR count). The number of aromatic amines is 1. The molecule has 3 aromatic carbocycles. The minimum Gasteiger partial charge on any atom is -0.497 e. The van der Waals surface area contributed by atoms with Gasteiger partial charge in [-0.05, 0) is 42.3 Å². The Bertz CT molecular complexity index is 1870. The highest BCUT2D eigenvalue weighted by atomic mass is 32.2. The van der Waals surface area contributed by atoms with Crippen molar-refractivity contribution >= 4 is 28.7 Å². The lowest BCUT2D eigenvalue weighted by Crippen LogP contribution is -2.25. The smallest absolute Gasteiger partial charge is 0.273 e. The van der Waals surface area contributed by atoms with Crippen molar-refractivity contribution in [2.24, 2.45) is 0 Å². The minimum absolute atomic E-state index is 0.0224. The van der Waals surface area contributed by atoms with Crippen LogP contribution >= 0.6 is 11.8 Å². The molecule has 198 valence electrons. The van der Waals surface area contributed by atoms with Gasteiger partial charge in [0.25, 0.3) is 11.5 Å². The highest BCUT2D eigenvalue weighted by molar-refractivity contribution is 8.00. The summed E-state index contributed by atoms with van der Waals surface area (Å²) in [7, 11) is 1.64. The van der Waals surface area contributed by atoms with E-state index in [1.807, 2.05) is 60.7 Å². The van der Waals surface area contributed by atoms with E-state index in [9.17, 15) is 9.59 Å². The predicted octanol–water partition coefficient (Wildman–Crippen LogP) is 5.99. The van der Waals surface area contributed by atoms with Crippen LogP contribution in [0.15, 0.2) is 107 Å². The van der Waals surface area contributed by atoms with E-state index in [4.69, 9.17) is 9.72 Å². The molecule has 8 nitrogen and oxygen atoms in total. The van der Waals surface area contributed by atoms with Crippen LogP contribution in [0.5, 0.6) is 5.75 Å². The van der Waals surface area contributed by atoms with Gasteiger partial charge in [-0.15, -0.1) is 0 Å². The van der Waals surface area contributed by atoms with Crippen LogP contribution in [-0.4, -0.2) is 43.1 Å². The maximum absolute atomic E-state index is 13.0. The molecule has 0 saturated carbocycles. The normalized spacial score (nSPS) is 11.2. The number of H-pyrrole nitrogens is 1. The molecule has 3 heterocycles. The Kier molecular flexibility index (Phi) is 6.79. The van der Waals surface area contributed by atoms with E-state index in [1.165, 1.54) is 24.2 Å². The Labute approximate surface area is 234 Å². The Morgan fingerprint density at radius 3 is 2.23 bits per heavy atom. The Balaban J connectivity index is 1.60. The van der Waals surface area contributed by atoms with E-state index in [0.29, 0.717) is 16.4 Å². The van der Waals surface area contributed by atoms with Crippen LogP contribution in [0, 0.1) is 6.92 Å². The van der Waals surface area contributed by atoms with Gasteiger partial charge in [0, 0.05) is 23.0 Å². The van der Waals surface area contributed by atoms with Crippen LogP contribution < -0.4 is 10.3 Å². The lowest BCUT2D eigenvalue weighted by Gasteiger charge is -2.13. The number of thioether (sulfide) groups is 1. The van der Waals surface area contributed by atoms with E-state index >= 15 is 0 Å². The molecular weight excluding hydrogens is 522 g/mol. The summed E-state index contributed by atoms with van der Waals surface area (Å²) in [5.74, 6) is 0.423. The molecule has 0 radical (unpaired) electrons. The average molecular weight is 548 g/mol. The number of nitrogens with one attached hydrogen (secondary N) is 1. The Morgan fingerprint density at radius 2 is 1.60 bits per heavy atom. The van der Waals surface area contributed by atoms with Gasteiger partial charge in [-0.25, -0.2) is 9.97 Å². The SMILES string of the molecule is COc1ccc(-n2c(-c3ccccc3)c(-c3ccccc3)c3c(SCC(=O)n4[nH]c(C)cc4=O)ncnc32)cc1. The maximum Gasteiger partial charge on any atom is 0.273 e. The first-order chi connectivity index (χ1) is 19.5. The van der Waals surface area contributed by atoms with Crippen LogP contribution in [0.2, 0.25) is 0 Å². The lowest BCUT2D eigenvalue weighted by molar-refractivity contribution is 0.0922. The lowest BCUT2D eigenvalue weighted by atomic mass is 9.99. The summed E-state index contributed by atoms with van der Waals surface area (Å²) < 4.78 is 8.57. The largest absolute Gasteiger partial charge is 0.497 e. The fourth-order valence-corrected chi connectivity index (χ4v) is 5.67. The van der Waals surface area contributed by atoms with Crippen LogP contribution in [-0.2, 0) is 0 Å². The maximum atomic E-state index is 13.0. The van der Waals surface area contributed by atoms with Gasteiger partial charge in [-0.2, -0.15) is 4.68 Å². The molecule has 0 spiro atoms. The molecule has 40 heavy (non-hydrogen) atoms. The van der Waals surface area contributed by atoms with Gasteiger partial charge in [0.15, 0.2) is 0 Å². The average Bonchev–Trinajstić information content (AvgIpc) is 3.53. The van der Waals surface area contributed by atoms with Crippen LogP contribution in [0.4, 0.5) is 0 Å². The highest BCUT2D eigenvalue weighted by Gasteiger charge is 2.25. The zero-order valence-corrected chi connectivity index (χ0v) is 22.7. The molecule has 3 aromatic heterocycles. The number of benzene rings is 3. The van der Waals surface area contributed by atoms with Crippen LogP contribution in [0.1, 0.15) is 10.5 Å². The zero-order valence-electron chi connectivity index (χ0n) is 21.9. The molecule has 0 saturated heterocycles. The number of aryl methyl sites for hydroxylation is 1. The first-order valence-corrected chi connectivity index (χ1v) is 13.6. The van der Waals surface area contributed by atoms with E-state index in [1.54, 1.807) is 14.0 Å². The number of hydrogen-bond donors (Lipinski definition) is 1. The fourth-order valence-electron chi connectivity index (χ4n) is 4.83. The van der Waals surface area contributed by atoms with Gasteiger partial charge < -0.3 is 4.74 Å². The van der Waals surface area contributed by atoms with Gasteiger partial charge in [0.1, 0.15) is 22.7 Å². The molecule has 0 aliphatic rings. The standard InChI is InChI=1S/C31H25N5O3S/c1-20-17-25(37)36(34-20)26(38)18-40-31-28-27(21-9-5-3-6-10-21)29(22-11-7-4-8-12-22)35(30(28)32-19-33-31)23-13-15-24(39-2)16-14-23/h3-17,19,34H,18H2,1-2H3. The molecule has 0 atom stereocenters.